The number of hydrogen-bond donors (Lipinski definition) is 3. The molecule has 1 amide bonds. The van der Waals surface area contributed by atoms with E-state index in [4.69, 9.17) is 20.3 Å². The first kappa shape index (κ1) is 27.8. The Hall–Kier alpha value is -2.76. The van der Waals surface area contributed by atoms with Gasteiger partial charge in [-0.25, -0.2) is 0 Å². The molecule has 11 heteroatoms. The van der Waals surface area contributed by atoms with E-state index in [1.165, 1.54) is 6.07 Å². The number of carbonyl (C=O) groups is 1. The van der Waals surface area contributed by atoms with Crippen LogP contribution in [0, 0.1) is 0 Å². The summed E-state index contributed by atoms with van der Waals surface area (Å²) in [6, 6.07) is 10.3. The van der Waals surface area contributed by atoms with Crippen molar-refractivity contribution < 1.29 is 32.5 Å². The molecule has 1 heterocycles. The summed E-state index contributed by atoms with van der Waals surface area (Å²) < 4.78 is 50.6. The van der Waals surface area contributed by atoms with Crippen LogP contribution < -0.4 is 20.5 Å². The number of nitrogens with one attached hydrogen (secondary N) is 1. The van der Waals surface area contributed by atoms with Crippen LogP contribution in [0.25, 0.3) is 10.9 Å². The van der Waals surface area contributed by atoms with Gasteiger partial charge in [0.15, 0.2) is 18.1 Å². The number of benzene rings is 2. The number of alkyl halides is 3. The number of aromatic nitrogens is 1. The van der Waals surface area contributed by atoms with Gasteiger partial charge in [-0.05, 0) is 61.7 Å². The molecule has 36 heavy (non-hydrogen) atoms. The third-order valence-corrected chi connectivity index (χ3v) is 5.93. The Morgan fingerprint density at radius 2 is 1.97 bits per heavy atom. The first-order valence-electron chi connectivity index (χ1n) is 11.4. The Morgan fingerprint density at radius 3 is 2.67 bits per heavy atom. The van der Waals surface area contributed by atoms with Gasteiger partial charge in [0.2, 0.25) is 0 Å². The molecule has 0 saturated carbocycles. The molecule has 4 N–H and O–H groups in total. The quantitative estimate of drug-likeness (QED) is 0.264. The Bertz CT molecular complexity index is 1180. The summed E-state index contributed by atoms with van der Waals surface area (Å²) in [6.07, 6.45) is -1.37. The van der Waals surface area contributed by atoms with Crippen LogP contribution in [-0.4, -0.2) is 54.2 Å². The Morgan fingerprint density at radius 1 is 1.19 bits per heavy atom. The molecule has 0 saturated heterocycles. The fraction of sp³-hybridized carbons (Fsp3) is 0.400. The smallest absolute Gasteiger partial charge is 0.422 e. The van der Waals surface area contributed by atoms with Crippen LogP contribution in [0.5, 0.6) is 11.5 Å². The lowest BCUT2D eigenvalue weighted by Crippen LogP contribution is -2.32. The molecule has 7 nitrogen and oxygen atoms in total. The predicted octanol–water partition coefficient (Wildman–Crippen LogP) is 4.43. The normalized spacial score (nSPS) is 12.6. The number of rotatable bonds is 13. The van der Waals surface area contributed by atoms with Crippen molar-refractivity contribution in [1.29, 1.82) is 0 Å². The third-order valence-electron chi connectivity index (χ3n) is 5.43. The number of halogens is 4. The molecule has 3 rings (SSSR count). The second kappa shape index (κ2) is 12.5. The maximum atomic E-state index is 12.5. The van der Waals surface area contributed by atoms with E-state index in [9.17, 15) is 18.0 Å². The summed E-state index contributed by atoms with van der Waals surface area (Å²) in [5.41, 5.74) is 7.77. The monoisotopic (exact) mass is 571 g/mol. The summed E-state index contributed by atoms with van der Waals surface area (Å²) in [6.45, 7) is 1.87. The number of nitrogens with zero attached hydrogens (tertiary/aromatic N) is 1. The number of hydrogen-bond acceptors (Lipinski definition) is 5. The predicted molar refractivity (Wildman–Crippen MR) is 135 cm³/mol. The minimum Gasteiger partial charge on any atom is -0.488 e. The molecule has 2 aromatic carbocycles. The van der Waals surface area contributed by atoms with Crippen LogP contribution in [0.4, 0.5) is 13.2 Å². The number of aliphatic hydroxyl groups excluding tert-OH is 1. The van der Waals surface area contributed by atoms with Crippen molar-refractivity contribution in [2.75, 3.05) is 26.4 Å². The third kappa shape index (κ3) is 7.87. The molecule has 0 fully saturated rings. The van der Waals surface area contributed by atoms with Crippen molar-refractivity contribution in [2.45, 2.75) is 38.5 Å². The number of primary amides is 1. The van der Waals surface area contributed by atoms with Crippen LogP contribution in [0.15, 0.2) is 47.1 Å². The van der Waals surface area contributed by atoms with E-state index in [0.717, 1.165) is 16.5 Å². The zero-order valence-corrected chi connectivity index (χ0v) is 21.4. The fourth-order valence-corrected chi connectivity index (χ4v) is 4.25. The molecule has 196 valence electrons. The van der Waals surface area contributed by atoms with Crippen LogP contribution in [0.1, 0.15) is 29.3 Å². The van der Waals surface area contributed by atoms with Gasteiger partial charge >= 0.3 is 6.18 Å². The maximum Gasteiger partial charge on any atom is 0.422 e. The van der Waals surface area contributed by atoms with Crippen molar-refractivity contribution in [3.8, 4) is 11.5 Å². The highest BCUT2D eigenvalue weighted by molar-refractivity contribution is 9.10. The Kier molecular flexibility index (Phi) is 9.63. The summed E-state index contributed by atoms with van der Waals surface area (Å²) in [5, 5.41) is 13.3. The molecule has 0 aliphatic rings. The first-order valence-corrected chi connectivity index (χ1v) is 12.2. The van der Waals surface area contributed by atoms with Gasteiger partial charge in [-0.1, -0.05) is 15.9 Å². The molecular formula is C25H29BrF3N3O4. The van der Waals surface area contributed by atoms with Gasteiger partial charge in [0, 0.05) is 41.8 Å². The molecule has 1 unspecified atom stereocenters. The number of amides is 1. The van der Waals surface area contributed by atoms with Crippen molar-refractivity contribution in [3.05, 3.63) is 58.2 Å². The van der Waals surface area contributed by atoms with E-state index in [1.54, 1.807) is 18.2 Å². The molecule has 0 aliphatic heterocycles. The lowest BCUT2D eigenvalue weighted by atomic mass is 10.0. The van der Waals surface area contributed by atoms with Gasteiger partial charge in [-0.2, -0.15) is 13.2 Å². The maximum absolute atomic E-state index is 12.5. The molecule has 0 bridgehead atoms. The summed E-state index contributed by atoms with van der Waals surface area (Å²) in [7, 11) is 0. The van der Waals surface area contributed by atoms with Gasteiger partial charge in [0.05, 0.1) is 11.1 Å². The average molecular weight is 572 g/mol. The molecule has 1 atom stereocenters. The number of nitrogens with two attached hydrogens (primary N) is 1. The highest BCUT2D eigenvalue weighted by Crippen LogP contribution is 2.32. The largest absolute Gasteiger partial charge is 0.488 e. The number of aliphatic hydroxyl groups is 1. The van der Waals surface area contributed by atoms with Crippen molar-refractivity contribution in [3.63, 3.8) is 0 Å². The molecule has 3 aromatic rings. The van der Waals surface area contributed by atoms with Gasteiger partial charge in [-0.3, -0.25) is 4.79 Å². The van der Waals surface area contributed by atoms with Crippen molar-refractivity contribution >= 4 is 32.7 Å². The zero-order valence-electron chi connectivity index (χ0n) is 19.8. The summed E-state index contributed by atoms with van der Waals surface area (Å²) >= 11 is 3.28. The summed E-state index contributed by atoms with van der Waals surface area (Å²) in [5.74, 6) is -0.287. The van der Waals surface area contributed by atoms with Gasteiger partial charge in [0.1, 0.15) is 6.61 Å². The highest BCUT2D eigenvalue weighted by atomic mass is 79.9. The van der Waals surface area contributed by atoms with Gasteiger partial charge in [0.25, 0.3) is 5.91 Å². The standard InChI is InChI=1S/C25H29BrF3N3O4/c1-16(31-6-10-35-22-14-19(26)3-4-21(22)36-15-25(27,28)29)11-17-12-18-5-8-32(7-2-9-33)23(18)20(13-17)24(30)34/h3-5,8,12-14,16,31,33H,2,6-7,9-11,15H2,1H3,(H2,30,34). The Labute approximate surface area is 215 Å². The molecular weight excluding hydrogens is 543 g/mol. The zero-order chi connectivity index (χ0) is 26.3. The van der Waals surface area contributed by atoms with Crippen LogP contribution in [-0.2, 0) is 13.0 Å². The van der Waals surface area contributed by atoms with E-state index in [-0.39, 0.29) is 30.8 Å². The van der Waals surface area contributed by atoms with Crippen LogP contribution >= 0.6 is 15.9 Å². The number of fused-ring (bicyclic) bond motifs is 1. The lowest BCUT2D eigenvalue weighted by molar-refractivity contribution is -0.153. The van der Waals surface area contributed by atoms with Crippen LogP contribution in [0.2, 0.25) is 0 Å². The number of carbonyl (C=O) groups excluding carboxylic acids is 1. The minimum atomic E-state index is -4.44. The molecule has 0 radical (unpaired) electrons. The van der Waals surface area contributed by atoms with E-state index >= 15 is 0 Å². The van der Waals surface area contributed by atoms with E-state index < -0.39 is 18.7 Å². The molecule has 0 aliphatic carbocycles. The average Bonchev–Trinajstić information content (AvgIpc) is 3.21. The topological polar surface area (TPSA) is 98.7 Å². The Balaban J connectivity index is 1.58. The fourth-order valence-electron chi connectivity index (χ4n) is 3.91. The first-order chi connectivity index (χ1) is 17.1. The minimum absolute atomic E-state index is 0.0155. The van der Waals surface area contributed by atoms with E-state index in [2.05, 4.69) is 21.2 Å². The number of aryl methyl sites for hydroxylation is 1. The van der Waals surface area contributed by atoms with Crippen molar-refractivity contribution in [1.82, 2.24) is 9.88 Å². The van der Waals surface area contributed by atoms with Crippen molar-refractivity contribution in [2.24, 2.45) is 5.73 Å². The second-order valence-corrected chi connectivity index (χ2v) is 9.35. The molecule has 0 spiro atoms. The van der Waals surface area contributed by atoms with E-state index in [1.807, 2.05) is 29.8 Å². The molecule has 1 aromatic heterocycles. The van der Waals surface area contributed by atoms with Crippen LogP contribution in [0.3, 0.4) is 0 Å². The second-order valence-electron chi connectivity index (χ2n) is 8.43. The lowest BCUT2D eigenvalue weighted by Gasteiger charge is -2.17. The van der Waals surface area contributed by atoms with E-state index in [0.29, 0.717) is 36.0 Å². The van der Waals surface area contributed by atoms with Gasteiger partial charge < -0.3 is 30.2 Å². The van der Waals surface area contributed by atoms with Gasteiger partial charge in [-0.15, -0.1) is 0 Å². The number of ether oxygens (including phenoxy) is 2. The SMILES string of the molecule is CC(Cc1cc(C(N)=O)c2c(ccn2CCCO)c1)NCCOc1cc(Br)ccc1OCC(F)(F)F. The summed E-state index contributed by atoms with van der Waals surface area (Å²) in [4.78, 5) is 12.1. The highest BCUT2D eigenvalue weighted by Gasteiger charge is 2.29.